The van der Waals surface area contributed by atoms with E-state index in [2.05, 4.69) is 72.9 Å². The maximum atomic E-state index is 10.5. The van der Waals surface area contributed by atoms with Crippen molar-refractivity contribution in [1.82, 2.24) is 0 Å². The topological polar surface area (TPSA) is 226 Å². The van der Waals surface area contributed by atoms with Crippen molar-refractivity contribution in [3.05, 3.63) is 115 Å². The van der Waals surface area contributed by atoms with E-state index in [-0.39, 0.29) is 24.2 Å². The largest absolute Gasteiger partial charge is 0.394 e. The molecule has 0 aliphatic carbocycles. The molecule has 2 aliphatic heterocycles. The number of hydrogen-bond acceptors (Lipinski definition) is 10. The van der Waals surface area contributed by atoms with Gasteiger partial charge in [-0.25, -0.2) is 0 Å². The molecule has 0 bridgehead atoms. The predicted molar refractivity (Wildman–Crippen MR) is 199 cm³/mol. The van der Waals surface area contributed by atoms with E-state index in [0.717, 1.165) is 12.0 Å². The lowest BCUT2D eigenvalue weighted by Gasteiger charge is -2.47. The molecule has 0 amide bonds. The van der Waals surface area contributed by atoms with Crippen LogP contribution in [0.5, 0.6) is 0 Å². The van der Waals surface area contributed by atoms with Crippen molar-refractivity contribution >= 4 is 11.4 Å². The molecular formula is C39H52N6O8. The van der Waals surface area contributed by atoms with E-state index in [1.54, 1.807) is 13.0 Å². The van der Waals surface area contributed by atoms with Gasteiger partial charge in [0.15, 0.2) is 0 Å². The van der Waals surface area contributed by atoms with Gasteiger partial charge in [-0.05, 0) is 83.1 Å². The third kappa shape index (κ3) is 9.94. The van der Waals surface area contributed by atoms with E-state index in [9.17, 15) is 25.5 Å². The quantitative estimate of drug-likeness (QED) is 0.0790. The second-order valence-electron chi connectivity index (χ2n) is 14.0. The fourth-order valence-corrected chi connectivity index (χ4v) is 7.36. The van der Waals surface area contributed by atoms with Crippen LogP contribution in [0.2, 0.25) is 0 Å². The third-order valence-corrected chi connectivity index (χ3v) is 10.6. The van der Waals surface area contributed by atoms with E-state index < -0.39 is 43.2 Å². The molecule has 2 heterocycles. The zero-order valence-electron chi connectivity index (χ0n) is 31.0. The minimum Gasteiger partial charge on any atom is -0.394 e. The molecule has 2 saturated heterocycles. The predicted octanol–water partition coefficient (Wildman–Crippen LogP) is 6.89. The zero-order chi connectivity index (χ0) is 38.8. The van der Waals surface area contributed by atoms with Crippen LogP contribution in [0, 0.1) is 25.7 Å². The monoisotopic (exact) mass is 732 g/mol. The van der Waals surface area contributed by atoms with Crippen LogP contribution in [-0.4, -0.2) is 81.0 Å². The van der Waals surface area contributed by atoms with Crippen LogP contribution in [0.25, 0.3) is 20.9 Å². The van der Waals surface area contributed by atoms with Crippen molar-refractivity contribution in [2.75, 3.05) is 6.61 Å². The Bertz CT molecular complexity index is 1730. The van der Waals surface area contributed by atoms with Gasteiger partial charge in [0.05, 0.1) is 31.5 Å². The highest BCUT2D eigenvalue weighted by Crippen LogP contribution is 2.41. The number of aliphatic hydroxyl groups is 5. The molecule has 14 heteroatoms. The van der Waals surface area contributed by atoms with E-state index in [0.29, 0.717) is 40.9 Å². The van der Waals surface area contributed by atoms with Gasteiger partial charge in [-0.3, -0.25) is 0 Å². The van der Waals surface area contributed by atoms with Crippen molar-refractivity contribution in [1.29, 1.82) is 0 Å². The average Bonchev–Trinajstić information content (AvgIpc) is 3.15. The van der Waals surface area contributed by atoms with Crippen molar-refractivity contribution in [3.8, 4) is 0 Å². The minimum absolute atomic E-state index is 0.00853. The van der Waals surface area contributed by atoms with Crippen LogP contribution in [0.1, 0.15) is 74.0 Å². The molecule has 0 aromatic heterocycles. The van der Waals surface area contributed by atoms with Crippen molar-refractivity contribution in [3.63, 3.8) is 0 Å². The van der Waals surface area contributed by atoms with Crippen LogP contribution in [-0.2, 0) is 20.8 Å². The average molecular weight is 733 g/mol. The smallest absolute Gasteiger partial charge is 0.117 e. The molecule has 286 valence electrons. The molecule has 12 atom stereocenters. The lowest BCUT2D eigenvalue weighted by molar-refractivity contribution is -0.250. The first kappa shape index (κ1) is 41.7. The van der Waals surface area contributed by atoms with Gasteiger partial charge in [-0.1, -0.05) is 92.5 Å². The van der Waals surface area contributed by atoms with Gasteiger partial charge in [0.25, 0.3) is 0 Å². The lowest BCUT2D eigenvalue weighted by Crippen LogP contribution is -2.59. The highest BCUT2D eigenvalue weighted by molar-refractivity contribution is 5.46. The number of hydrogen-bond donors (Lipinski definition) is 5. The van der Waals surface area contributed by atoms with Crippen LogP contribution in [0.3, 0.4) is 0 Å². The number of aryl methyl sites for hydroxylation is 2. The summed E-state index contributed by atoms with van der Waals surface area (Å²) >= 11 is 0. The first-order chi connectivity index (χ1) is 25.4. The summed E-state index contributed by atoms with van der Waals surface area (Å²) in [6, 6.07) is 20.8. The summed E-state index contributed by atoms with van der Waals surface area (Å²) in [5, 5.41) is 56.4. The Morgan fingerprint density at radius 3 is 1.87 bits per heavy atom. The summed E-state index contributed by atoms with van der Waals surface area (Å²) in [5.74, 6) is 0.991. The van der Waals surface area contributed by atoms with Crippen molar-refractivity contribution in [2.45, 2.75) is 115 Å². The lowest BCUT2D eigenvalue weighted by atomic mass is 9.76. The van der Waals surface area contributed by atoms with Gasteiger partial charge in [0.2, 0.25) is 0 Å². The summed E-state index contributed by atoms with van der Waals surface area (Å²) in [6.45, 7) is 12.7. The number of ether oxygens (including phenoxy) is 3. The van der Waals surface area contributed by atoms with Crippen LogP contribution >= 0.6 is 0 Å². The van der Waals surface area contributed by atoms with Gasteiger partial charge in [0.1, 0.15) is 36.6 Å². The first-order valence-corrected chi connectivity index (χ1v) is 18.0. The number of nitrogens with zero attached hydrogens (tertiary/aromatic N) is 6. The molecule has 2 fully saturated rings. The first-order valence-electron chi connectivity index (χ1n) is 18.0. The molecule has 0 saturated carbocycles. The molecule has 4 unspecified atom stereocenters. The van der Waals surface area contributed by atoms with Gasteiger partial charge < -0.3 is 39.7 Å². The van der Waals surface area contributed by atoms with Crippen molar-refractivity contribution in [2.24, 2.45) is 22.1 Å². The molecule has 5 rings (SSSR count). The van der Waals surface area contributed by atoms with E-state index >= 15 is 0 Å². The van der Waals surface area contributed by atoms with Gasteiger partial charge >= 0.3 is 0 Å². The Balaban J connectivity index is 0.000000245. The van der Waals surface area contributed by atoms with Crippen molar-refractivity contribution < 1.29 is 39.7 Å². The molecule has 3 aromatic carbocycles. The standard InChI is InChI=1S/C25H33N3O2.C14H19N3O6/c1-6-23-17(3)18(4)24(29-15-20-10-8-7-9-11-20)25(30-23)19(5)22-13-12-21(27-28-26)14-16(22)2;1-6-4-7(16-17-15)2-3-8(6)10(19)14-13(22)12(21)11(20)9(5-18)23-14/h7-14,17-19,23-25H,6,15H2,1-5H3;2-4,9-14,18-22H,5H2,1H3/t17-,18-,19+,23?,24?,25+;9?,10-,11-,12+,13?,14-/m01/s1. The summed E-state index contributed by atoms with van der Waals surface area (Å²) in [4.78, 5) is 5.57. The second-order valence-corrected chi connectivity index (χ2v) is 14.0. The van der Waals surface area contributed by atoms with Gasteiger partial charge in [0, 0.05) is 27.1 Å². The SMILES string of the molecule is CCC1O[C@H]([C@H](C)c2ccc(N=[N+]=[N-])cc2C)C(OCc2ccccc2)[C@@H](C)[C@@H]1C.Cc1cc(N=[N+]=[N-])ccc1[C@@H](O)[C@H]1OC(CO)[C@@H](O)[C@H](O)C1O. The zero-order valence-corrected chi connectivity index (χ0v) is 31.0. The number of benzene rings is 3. The highest BCUT2D eigenvalue weighted by Gasteiger charge is 2.47. The number of azide groups is 2. The molecular weight excluding hydrogens is 680 g/mol. The molecule has 0 radical (unpaired) electrons. The summed E-state index contributed by atoms with van der Waals surface area (Å²) in [7, 11) is 0. The summed E-state index contributed by atoms with van der Waals surface area (Å²) in [6.07, 6.45) is -6.98. The van der Waals surface area contributed by atoms with Gasteiger partial charge in [-0.15, -0.1) is 0 Å². The van der Waals surface area contributed by atoms with E-state index in [4.69, 9.17) is 25.3 Å². The second kappa shape index (κ2) is 19.3. The maximum absolute atomic E-state index is 10.5. The van der Waals surface area contributed by atoms with E-state index in [1.165, 1.54) is 23.3 Å². The molecule has 3 aromatic rings. The highest BCUT2D eigenvalue weighted by atomic mass is 16.6. The normalized spacial score (nSPS) is 29.4. The van der Waals surface area contributed by atoms with Gasteiger partial charge in [-0.2, -0.15) is 0 Å². The fourth-order valence-electron chi connectivity index (χ4n) is 7.36. The molecule has 0 spiro atoms. The Hall–Kier alpha value is -4.04. The Morgan fingerprint density at radius 2 is 1.34 bits per heavy atom. The molecule has 2 aliphatic rings. The van der Waals surface area contributed by atoms with Crippen LogP contribution in [0.15, 0.2) is 77.0 Å². The maximum Gasteiger partial charge on any atom is 0.117 e. The molecule has 53 heavy (non-hydrogen) atoms. The molecule has 5 N–H and O–H groups in total. The third-order valence-electron chi connectivity index (χ3n) is 10.6. The summed E-state index contributed by atoms with van der Waals surface area (Å²) < 4.78 is 18.5. The fraction of sp³-hybridized carbons (Fsp3) is 0.538. The summed E-state index contributed by atoms with van der Waals surface area (Å²) in [5.41, 5.74) is 22.6. The Kier molecular flexibility index (Phi) is 15.2. The van der Waals surface area contributed by atoms with E-state index in [1.807, 2.05) is 30.3 Å². The number of rotatable bonds is 11. The minimum atomic E-state index is -1.55. The molecule has 14 nitrogen and oxygen atoms in total. The van der Waals surface area contributed by atoms with Crippen LogP contribution < -0.4 is 0 Å². The number of aliphatic hydroxyl groups excluding tert-OH is 5. The van der Waals surface area contributed by atoms with Crippen LogP contribution in [0.4, 0.5) is 11.4 Å². The Labute approximate surface area is 310 Å². The Morgan fingerprint density at radius 1 is 0.774 bits per heavy atom.